The zero-order valence-electron chi connectivity index (χ0n) is 14.1. The van der Waals surface area contributed by atoms with Crippen molar-refractivity contribution >= 4 is 0 Å². The molecule has 0 aliphatic heterocycles. The van der Waals surface area contributed by atoms with E-state index >= 15 is 0 Å². The molecule has 0 radical (unpaired) electrons. The minimum absolute atomic E-state index is 0.0105. The summed E-state index contributed by atoms with van der Waals surface area (Å²) in [6, 6.07) is 11.4. The molecule has 27 heavy (non-hydrogen) atoms. The van der Waals surface area contributed by atoms with Crippen LogP contribution >= 0.6 is 0 Å². The molecular weight excluding hydrogens is 358 g/mol. The maximum absolute atomic E-state index is 14.6. The summed E-state index contributed by atoms with van der Waals surface area (Å²) in [5.41, 5.74) is -0.179. The van der Waals surface area contributed by atoms with Crippen molar-refractivity contribution in [3.8, 4) is 11.1 Å². The van der Waals surface area contributed by atoms with Crippen LogP contribution in [0, 0.1) is 5.82 Å². The van der Waals surface area contributed by atoms with Crippen LogP contribution in [0.4, 0.5) is 17.6 Å². The SMILES string of the molecule is O[C@@]1(c2ccccc2)CCc2cncc(-c3ccc(C(F)(F)F)cc3F)c21. The van der Waals surface area contributed by atoms with Gasteiger partial charge < -0.3 is 5.11 Å². The summed E-state index contributed by atoms with van der Waals surface area (Å²) in [5.74, 6) is -0.998. The molecule has 0 spiro atoms. The average molecular weight is 373 g/mol. The smallest absolute Gasteiger partial charge is 0.380 e. The van der Waals surface area contributed by atoms with Crippen molar-refractivity contribution in [1.82, 2.24) is 4.98 Å². The summed E-state index contributed by atoms with van der Waals surface area (Å²) in [6.45, 7) is 0. The van der Waals surface area contributed by atoms with Crippen LogP contribution < -0.4 is 0 Å². The van der Waals surface area contributed by atoms with Crippen molar-refractivity contribution in [1.29, 1.82) is 0 Å². The van der Waals surface area contributed by atoms with Crippen LogP contribution in [-0.4, -0.2) is 10.1 Å². The van der Waals surface area contributed by atoms with E-state index in [0.717, 1.165) is 17.7 Å². The second-order valence-corrected chi connectivity index (χ2v) is 6.64. The number of rotatable bonds is 2. The fraction of sp³-hybridized carbons (Fsp3) is 0.190. The molecule has 3 aromatic rings. The Bertz CT molecular complexity index is 1000. The van der Waals surface area contributed by atoms with E-state index in [1.54, 1.807) is 30.5 Å². The zero-order chi connectivity index (χ0) is 19.2. The molecule has 0 fully saturated rings. The number of aryl methyl sites for hydroxylation is 1. The van der Waals surface area contributed by atoms with Gasteiger partial charge in [-0.05, 0) is 36.1 Å². The van der Waals surface area contributed by atoms with E-state index < -0.39 is 23.2 Å². The highest BCUT2D eigenvalue weighted by Gasteiger charge is 2.41. The van der Waals surface area contributed by atoms with E-state index in [0.29, 0.717) is 35.6 Å². The van der Waals surface area contributed by atoms with Crippen molar-refractivity contribution < 1.29 is 22.7 Å². The standard InChI is InChI=1S/C21H15F4NO/c22-18-10-15(21(23,24)25)6-7-16(18)17-12-26-11-13-8-9-20(27,19(13)17)14-4-2-1-3-5-14/h1-7,10-12,27H,8-9H2/t20-/m1/s1. The van der Waals surface area contributed by atoms with Crippen LogP contribution in [0.15, 0.2) is 60.9 Å². The highest BCUT2D eigenvalue weighted by molar-refractivity contribution is 5.72. The first-order valence-electron chi connectivity index (χ1n) is 8.43. The molecule has 0 amide bonds. The molecule has 1 N–H and O–H groups in total. The molecule has 0 bridgehead atoms. The van der Waals surface area contributed by atoms with Crippen molar-refractivity contribution in [2.45, 2.75) is 24.6 Å². The largest absolute Gasteiger partial charge is 0.416 e. The highest BCUT2D eigenvalue weighted by Crippen LogP contribution is 2.46. The van der Waals surface area contributed by atoms with E-state index in [2.05, 4.69) is 4.98 Å². The third-order valence-electron chi connectivity index (χ3n) is 5.03. The molecule has 1 aromatic heterocycles. The molecule has 138 valence electrons. The Morgan fingerprint density at radius 1 is 0.963 bits per heavy atom. The third kappa shape index (κ3) is 2.90. The number of hydrogen-bond acceptors (Lipinski definition) is 2. The molecule has 6 heteroatoms. The van der Waals surface area contributed by atoms with Crippen molar-refractivity contribution in [2.24, 2.45) is 0 Å². The Hall–Kier alpha value is -2.73. The van der Waals surface area contributed by atoms with Crippen LogP contribution in [0.5, 0.6) is 0 Å². The maximum atomic E-state index is 14.6. The molecule has 4 rings (SSSR count). The van der Waals surface area contributed by atoms with Gasteiger partial charge in [0, 0.05) is 29.1 Å². The Kier molecular flexibility index (Phi) is 4.03. The molecule has 1 heterocycles. The van der Waals surface area contributed by atoms with Gasteiger partial charge in [0.05, 0.1) is 5.56 Å². The van der Waals surface area contributed by atoms with Crippen LogP contribution in [0.2, 0.25) is 0 Å². The number of aliphatic hydroxyl groups is 1. The van der Waals surface area contributed by atoms with Gasteiger partial charge in [0.1, 0.15) is 11.4 Å². The van der Waals surface area contributed by atoms with E-state index in [-0.39, 0.29) is 5.56 Å². The van der Waals surface area contributed by atoms with E-state index in [9.17, 15) is 22.7 Å². The minimum Gasteiger partial charge on any atom is -0.380 e. The number of aromatic nitrogens is 1. The number of fused-ring (bicyclic) bond motifs is 1. The van der Waals surface area contributed by atoms with Gasteiger partial charge in [-0.25, -0.2) is 4.39 Å². The predicted octanol–water partition coefficient (Wildman–Crippen LogP) is 5.09. The lowest BCUT2D eigenvalue weighted by molar-refractivity contribution is -0.137. The summed E-state index contributed by atoms with van der Waals surface area (Å²) < 4.78 is 53.1. The highest BCUT2D eigenvalue weighted by atomic mass is 19.4. The number of pyridine rings is 1. The number of nitrogens with zero attached hydrogens (tertiary/aromatic N) is 1. The summed E-state index contributed by atoms with van der Waals surface area (Å²) in [4.78, 5) is 4.10. The maximum Gasteiger partial charge on any atom is 0.416 e. The molecule has 1 aliphatic rings. The first kappa shape index (κ1) is 17.7. The molecular formula is C21H15F4NO. The second-order valence-electron chi connectivity index (χ2n) is 6.64. The van der Waals surface area contributed by atoms with Crippen LogP contribution in [0.3, 0.4) is 0 Å². The van der Waals surface area contributed by atoms with Crippen LogP contribution in [-0.2, 0) is 18.2 Å². The first-order chi connectivity index (χ1) is 12.8. The zero-order valence-corrected chi connectivity index (χ0v) is 14.1. The van der Waals surface area contributed by atoms with Gasteiger partial charge in [-0.3, -0.25) is 4.98 Å². The minimum atomic E-state index is -4.62. The summed E-state index contributed by atoms with van der Waals surface area (Å²) >= 11 is 0. The van der Waals surface area contributed by atoms with E-state index in [4.69, 9.17) is 0 Å². The molecule has 1 aliphatic carbocycles. The van der Waals surface area contributed by atoms with Crippen molar-refractivity contribution in [3.63, 3.8) is 0 Å². The molecule has 0 unspecified atom stereocenters. The number of alkyl halides is 3. The molecule has 1 atom stereocenters. The topological polar surface area (TPSA) is 33.1 Å². The summed E-state index contributed by atoms with van der Waals surface area (Å²) in [6.07, 6.45) is -0.677. The lowest BCUT2D eigenvalue weighted by atomic mass is 9.84. The van der Waals surface area contributed by atoms with Crippen LogP contribution in [0.1, 0.15) is 28.7 Å². The quantitative estimate of drug-likeness (QED) is 0.635. The fourth-order valence-electron chi connectivity index (χ4n) is 3.74. The van der Waals surface area contributed by atoms with Crippen molar-refractivity contribution in [2.75, 3.05) is 0 Å². The van der Waals surface area contributed by atoms with Gasteiger partial charge in [0.25, 0.3) is 0 Å². The summed E-state index contributed by atoms with van der Waals surface area (Å²) in [7, 11) is 0. The predicted molar refractivity (Wildman–Crippen MR) is 92.4 cm³/mol. The van der Waals surface area contributed by atoms with Gasteiger partial charge in [-0.2, -0.15) is 13.2 Å². The lowest BCUT2D eigenvalue weighted by Gasteiger charge is -2.27. The second kappa shape index (κ2) is 6.16. The number of hydrogen-bond donors (Lipinski definition) is 1. The Morgan fingerprint density at radius 2 is 1.70 bits per heavy atom. The number of benzene rings is 2. The first-order valence-corrected chi connectivity index (χ1v) is 8.43. The lowest BCUT2D eigenvalue weighted by Crippen LogP contribution is -2.24. The van der Waals surface area contributed by atoms with Gasteiger partial charge in [0.15, 0.2) is 0 Å². The van der Waals surface area contributed by atoms with Gasteiger partial charge in [-0.1, -0.05) is 36.4 Å². The van der Waals surface area contributed by atoms with Crippen LogP contribution in [0.25, 0.3) is 11.1 Å². The third-order valence-corrected chi connectivity index (χ3v) is 5.03. The summed E-state index contributed by atoms with van der Waals surface area (Å²) in [5, 5.41) is 11.4. The number of halogens is 4. The van der Waals surface area contributed by atoms with Gasteiger partial charge in [-0.15, -0.1) is 0 Å². The Morgan fingerprint density at radius 3 is 2.37 bits per heavy atom. The Labute approximate surface area is 153 Å². The normalized spacial score (nSPS) is 19.1. The van der Waals surface area contributed by atoms with Gasteiger partial charge >= 0.3 is 6.18 Å². The average Bonchev–Trinajstić information content (AvgIpc) is 3.00. The monoisotopic (exact) mass is 373 g/mol. The molecule has 0 saturated carbocycles. The molecule has 2 aromatic carbocycles. The van der Waals surface area contributed by atoms with E-state index in [1.165, 1.54) is 6.20 Å². The van der Waals surface area contributed by atoms with Crippen molar-refractivity contribution in [3.05, 3.63) is 89.0 Å². The molecule has 0 saturated heterocycles. The van der Waals surface area contributed by atoms with Gasteiger partial charge in [0.2, 0.25) is 0 Å². The molecule has 2 nitrogen and oxygen atoms in total. The Balaban J connectivity index is 1.90. The fourth-order valence-corrected chi connectivity index (χ4v) is 3.74. The van der Waals surface area contributed by atoms with E-state index in [1.807, 2.05) is 6.07 Å².